The Kier molecular flexibility index (Phi) is 5.18. The molecule has 2 aliphatic rings. The molecule has 0 saturated carbocycles. The van der Waals surface area contributed by atoms with E-state index in [1.807, 2.05) is 43.0 Å². The summed E-state index contributed by atoms with van der Waals surface area (Å²) in [5, 5.41) is 0. The minimum atomic E-state index is 0.0534. The molecule has 1 aromatic rings. The van der Waals surface area contributed by atoms with Crippen LogP contribution in [0.25, 0.3) is 0 Å². The van der Waals surface area contributed by atoms with Crippen molar-refractivity contribution in [1.29, 1.82) is 0 Å². The first-order valence-electron chi connectivity index (χ1n) is 8.41. The molecule has 0 aliphatic carbocycles. The monoisotopic (exact) mass is 319 g/mol. The zero-order chi connectivity index (χ0) is 16.2. The molecule has 3 rings (SSSR count). The molecule has 0 bridgehead atoms. The molecule has 5 nitrogen and oxygen atoms in total. The summed E-state index contributed by atoms with van der Waals surface area (Å²) in [7, 11) is 0. The van der Waals surface area contributed by atoms with Gasteiger partial charge in [-0.25, -0.2) is 0 Å². The van der Waals surface area contributed by atoms with E-state index in [-0.39, 0.29) is 24.2 Å². The second-order valence-electron chi connectivity index (χ2n) is 6.44. The second kappa shape index (κ2) is 7.32. The highest BCUT2D eigenvalue weighted by Crippen LogP contribution is 2.19. The van der Waals surface area contributed by atoms with Crippen molar-refractivity contribution >= 4 is 5.91 Å². The van der Waals surface area contributed by atoms with E-state index in [0.29, 0.717) is 25.3 Å². The van der Waals surface area contributed by atoms with Gasteiger partial charge in [0.2, 0.25) is 0 Å². The van der Waals surface area contributed by atoms with Crippen LogP contribution in [0.1, 0.15) is 37.0 Å². The summed E-state index contributed by atoms with van der Waals surface area (Å²) >= 11 is 0. The van der Waals surface area contributed by atoms with Gasteiger partial charge in [0.15, 0.2) is 0 Å². The number of nitrogens with zero attached hydrogens (tertiary/aromatic N) is 1. The zero-order valence-corrected chi connectivity index (χ0v) is 13.9. The summed E-state index contributed by atoms with van der Waals surface area (Å²) in [4.78, 5) is 14.4. The maximum atomic E-state index is 12.6. The van der Waals surface area contributed by atoms with Crippen LogP contribution in [0.5, 0.6) is 5.75 Å². The number of morpholine rings is 1. The Bertz CT molecular complexity index is 514. The molecule has 0 spiro atoms. The number of benzene rings is 1. The molecule has 0 N–H and O–H groups in total. The van der Waals surface area contributed by atoms with Crippen LogP contribution in [0.3, 0.4) is 0 Å². The summed E-state index contributed by atoms with van der Waals surface area (Å²) in [5.41, 5.74) is 0.691. The fourth-order valence-corrected chi connectivity index (χ4v) is 3.18. The fourth-order valence-electron chi connectivity index (χ4n) is 3.18. The minimum Gasteiger partial charge on any atom is -0.491 e. The van der Waals surface area contributed by atoms with Gasteiger partial charge in [0.05, 0.1) is 18.3 Å². The van der Waals surface area contributed by atoms with Crippen molar-refractivity contribution in [2.24, 2.45) is 0 Å². The van der Waals surface area contributed by atoms with Gasteiger partial charge in [-0.1, -0.05) is 0 Å². The van der Waals surface area contributed by atoms with Crippen LogP contribution in [0, 0.1) is 0 Å². The van der Waals surface area contributed by atoms with Crippen molar-refractivity contribution in [3.63, 3.8) is 0 Å². The maximum absolute atomic E-state index is 12.6. The van der Waals surface area contributed by atoms with Crippen molar-refractivity contribution in [3.05, 3.63) is 29.8 Å². The third kappa shape index (κ3) is 4.24. The van der Waals surface area contributed by atoms with Crippen LogP contribution in [-0.4, -0.2) is 55.4 Å². The molecule has 1 aromatic carbocycles. The van der Waals surface area contributed by atoms with Gasteiger partial charge in [0, 0.05) is 25.3 Å². The van der Waals surface area contributed by atoms with Gasteiger partial charge in [-0.3, -0.25) is 4.79 Å². The number of carbonyl (C=O) groups excluding carboxylic acids is 1. The average molecular weight is 319 g/mol. The standard InChI is InChI=1S/C18H25NO4/c1-13-10-19(11-14(2)23-13)18(20)15-5-7-16(8-6-15)22-12-17-4-3-9-21-17/h5-8,13-14,17H,3-4,9-12H2,1-2H3. The SMILES string of the molecule is CC1CN(C(=O)c2ccc(OCC3CCCO3)cc2)CC(C)O1. The maximum Gasteiger partial charge on any atom is 0.254 e. The molecule has 0 aromatic heterocycles. The van der Waals surface area contributed by atoms with Crippen LogP contribution >= 0.6 is 0 Å². The smallest absolute Gasteiger partial charge is 0.254 e. The van der Waals surface area contributed by atoms with E-state index in [1.165, 1.54) is 0 Å². The Balaban J connectivity index is 1.56. The Morgan fingerprint density at radius 2 is 1.91 bits per heavy atom. The lowest BCUT2D eigenvalue weighted by Crippen LogP contribution is -2.48. The van der Waals surface area contributed by atoms with Crippen LogP contribution < -0.4 is 4.74 Å². The molecule has 2 saturated heterocycles. The molecule has 2 fully saturated rings. The lowest BCUT2D eigenvalue weighted by molar-refractivity contribution is -0.0586. The van der Waals surface area contributed by atoms with E-state index in [9.17, 15) is 4.79 Å². The topological polar surface area (TPSA) is 48.0 Å². The summed E-state index contributed by atoms with van der Waals surface area (Å²) in [6.45, 7) is 6.68. The van der Waals surface area contributed by atoms with Crippen molar-refractivity contribution in [2.45, 2.75) is 45.0 Å². The zero-order valence-electron chi connectivity index (χ0n) is 13.9. The average Bonchev–Trinajstić information content (AvgIpc) is 3.05. The van der Waals surface area contributed by atoms with E-state index in [0.717, 1.165) is 25.2 Å². The highest BCUT2D eigenvalue weighted by Gasteiger charge is 2.26. The predicted molar refractivity (Wildman–Crippen MR) is 86.8 cm³/mol. The van der Waals surface area contributed by atoms with Crippen molar-refractivity contribution in [3.8, 4) is 5.75 Å². The van der Waals surface area contributed by atoms with Gasteiger partial charge < -0.3 is 19.1 Å². The van der Waals surface area contributed by atoms with E-state index in [1.54, 1.807) is 0 Å². The third-order valence-electron chi connectivity index (χ3n) is 4.27. The normalized spacial score (nSPS) is 27.9. The van der Waals surface area contributed by atoms with Gasteiger partial charge in [-0.2, -0.15) is 0 Å². The first-order valence-corrected chi connectivity index (χ1v) is 8.41. The Hall–Kier alpha value is -1.59. The van der Waals surface area contributed by atoms with Gasteiger partial charge in [0.25, 0.3) is 5.91 Å². The number of amides is 1. The summed E-state index contributed by atoms with van der Waals surface area (Å²) < 4.78 is 16.9. The third-order valence-corrected chi connectivity index (χ3v) is 4.27. The van der Waals surface area contributed by atoms with Crippen LogP contribution in [-0.2, 0) is 9.47 Å². The summed E-state index contributed by atoms with van der Waals surface area (Å²) in [5.74, 6) is 0.832. The van der Waals surface area contributed by atoms with Crippen LogP contribution in [0.15, 0.2) is 24.3 Å². The number of ether oxygens (including phenoxy) is 3. The predicted octanol–water partition coefficient (Wildman–Crippen LogP) is 2.49. The molecule has 2 heterocycles. The molecular formula is C18H25NO4. The van der Waals surface area contributed by atoms with E-state index < -0.39 is 0 Å². The van der Waals surface area contributed by atoms with Gasteiger partial charge >= 0.3 is 0 Å². The van der Waals surface area contributed by atoms with Gasteiger partial charge in [-0.15, -0.1) is 0 Å². The molecule has 2 aliphatic heterocycles. The molecule has 23 heavy (non-hydrogen) atoms. The van der Waals surface area contributed by atoms with Crippen molar-refractivity contribution in [2.75, 3.05) is 26.3 Å². The molecule has 0 radical (unpaired) electrons. The number of carbonyl (C=O) groups is 1. The van der Waals surface area contributed by atoms with E-state index in [4.69, 9.17) is 14.2 Å². The summed E-state index contributed by atoms with van der Waals surface area (Å²) in [6, 6.07) is 7.38. The lowest BCUT2D eigenvalue weighted by Gasteiger charge is -2.35. The van der Waals surface area contributed by atoms with Crippen molar-refractivity contribution in [1.82, 2.24) is 4.90 Å². The van der Waals surface area contributed by atoms with Crippen LogP contribution in [0.2, 0.25) is 0 Å². The van der Waals surface area contributed by atoms with Gasteiger partial charge in [-0.05, 0) is 51.0 Å². The van der Waals surface area contributed by atoms with Gasteiger partial charge in [0.1, 0.15) is 12.4 Å². The quantitative estimate of drug-likeness (QED) is 0.855. The van der Waals surface area contributed by atoms with E-state index >= 15 is 0 Å². The fraction of sp³-hybridized carbons (Fsp3) is 0.611. The molecule has 3 atom stereocenters. The molecule has 5 heteroatoms. The number of hydrogen-bond acceptors (Lipinski definition) is 4. The Labute approximate surface area is 137 Å². The molecule has 126 valence electrons. The largest absolute Gasteiger partial charge is 0.491 e. The first kappa shape index (κ1) is 16.3. The number of hydrogen-bond donors (Lipinski definition) is 0. The summed E-state index contributed by atoms with van der Waals surface area (Å²) in [6.07, 6.45) is 2.53. The molecule has 1 amide bonds. The Morgan fingerprint density at radius 1 is 1.22 bits per heavy atom. The highest BCUT2D eigenvalue weighted by molar-refractivity contribution is 5.94. The minimum absolute atomic E-state index is 0.0534. The first-order chi connectivity index (χ1) is 11.1. The highest BCUT2D eigenvalue weighted by atomic mass is 16.5. The van der Waals surface area contributed by atoms with Crippen LogP contribution in [0.4, 0.5) is 0 Å². The van der Waals surface area contributed by atoms with E-state index in [2.05, 4.69) is 0 Å². The lowest BCUT2D eigenvalue weighted by atomic mass is 10.1. The molecule has 3 unspecified atom stereocenters. The number of rotatable bonds is 4. The van der Waals surface area contributed by atoms with Crippen molar-refractivity contribution < 1.29 is 19.0 Å². The Morgan fingerprint density at radius 3 is 2.52 bits per heavy atom. The second-order valence-corrected chi connectivity index (χ2v) is 6.44. The molecular weight excluding hydrogens is 294 g/mol.